The summed E-state index contributed by atoms with van der Waals surface area (Å²) >= 11 is 5.94. The summed E-state index contributed by atoms with van der Waals surface area (Å²) in [4.78, 5) is 25.3. The number of benzene rings is 3. The molecule has 1 atom stereocenters. The van der Waals surface area contributed by atoms with Crippen molar-refractivity contribution in [2.24, 2.45) is 11.0 Å². The van der Waals surface area contributed by atoms with E-state index in [9.17, 15) is 9.59 Å². The van der Waals surface area contributed by atoms with Crippen LogP contribution in [-0.4, -0.2) is 30.7 Å². The molecule has 7 nitrogen and oxygen atoms in total. The summed E-state index contributed by atoms with van der Waals surface area (Å²) in [7, 11) is 0. The minimum atomic E-state index is -0.749. The molecule has 0 heterocycles. The van der Waals surface area contributed by atoms with Crippen LogP contribution in [0, 0.1) is 12.8 Å². The first-order valence-electron chi connectivity index (χ1n) is 12.1. The number of hydrazone groups is 1. The lowest BCUT2D eigenvalue weighted by Crippen LogP contribution is -2.47. The van der Waals surface area contributed by atoms with Crippen molar-refractivity contribution in [3.8, 4) is 11.5 Å². The number of nitrogens with zero attached hydrogens (tertiary/aromatic N) is 1. The summed E-state index contributed by atoms with van der Waals surface area (Å²) in [5, 5.41) is 7.53. The second kappa shape index (κ2) is 14.0. The van der Waals surface area contributed by atoms with Crippen LogP contribution in [0.1, 0.15) is 37.0 Å². The largest absolute Gasteiger partial charge is 0.488 e. The van der Waals surface area contributed by atoms with Gasteiger partial charge in [0, 0.05) is 10.6 Å². The Kier molecular flexibility index (Phi) is 10.5. The lowest BCUT2D eigenvalue weighted by Gasteiger charge is -2.19. The van der Waals surface area contributed by atoms with E-state index in [1.165, 1.54) is 6.21 Å². The van der Waals surface area contributed by atoms with Crippen molar-refractivity contribution < 1.29 is 19.1 Å². The molecule has 0 aliphatic heterocycles. The van der Waals surface area contributed by atoms with Gasteiger partial charge in [-0.25, -0.2) is 5.43 Å². The molecule has 0 radical (unpaired) electrons. The zero-order valence-corrected chi connectivity index (χ0v) is 22.0. The van der Waals surface area contributed by atoms with Crippen LogP contribution >= 0.6 is 11.6 Å². The highest BCUT2D eigenvalue weighted by Gasteiger charge is 2.22. The molecule has 2 amide bonds. The number of nitrogens with one attached hydrogen (secondary N) is 2. The number of carbonyl (C=O) groups is 2. The number of hydrogen-bond donors (Lipinski definition) is 2. The number of rotatable bonds is 12. The van der Waals surface area contributed by atoms with E-state index in [0.717, 1.165) is 11.1 Å². The van der Waals surface area contributed by atoms with Gasteiger partial charge in [-0.3, -0.25) is 9.59 Å². The fraction of sp³-hybridized carbons (Fsp3) is 0.276. The van der Waals surface area contributed by atoms with E-state index >= 15 is 0 Å². The molecule has 0 aromatic heterocycles. The van der Waals surface area contributed by atoms with Gasteiger partial charge in [-0.2, -0.15) is 5.10 Å². The Labute approximate surface area is 222 Å². The van der Waals surface area contributed by atoms with E-state index < -0.39 is 11.9 Å². The van der Waals surface area contributed by atoms with E-state index in [2.05, 4.69) is 15.8 Å². The Morgan fingerprint density at radius 3 is 2.32 bits per heavy atom. The quantitative estimate of drug-likeness (QED) is 0.250. The molecular weight excluding hydrogens is 490 g/mol. The molecule has 194 valence electrons. The van der Waals surface area contributed by atoms with Gasteiger partial charge in [0.25, 0.3) is 11.8 Å². The normalized spacial score (nSPS) is 11.8. The van der Waals surface area contributed by atoms with Crippen molar-refractivity contribution in [1.82, 2.24) is 10.7 Å². The van der Waals surface area contributed by atoms with E-state index in [-0.39, 0.29) is 18.4 Å². The highest BCUT2D eigenvalue weighted by atomic mass is 35.5. The third-order valence-electron chi connectivity index (χ3n) is 5.42. The lowest BCUT2D eigenvalue weighted by atomic mass is 10.0. The lowest BCUT2D eigenvalue weighted by molar-refractivity contribution is -0.130. The number of hydrogen-bond acceptors (Lipinski definition) is 5. The standard InChI is InChI=1S/C29H32ClN3O4/c1-20(2)16-25(32-28(34)19-37-26-10-6-4-8-21(26)3)29(35)33-31-17-23-9-5-7-11-27(23)36-18-22-12-14-24(30)15-13-22/h4-15,17,20,25H,16,18-19H2,1-3H3,(H,32,34)(H,33,35)/b31-17-/t25-/m1/s1. The van der Waals surface area contributed by atoms with E-state index in [4.69, 9.17) is 21.1 Å². The van der Waals surface area contributed by atoms with Gasteiger partial charge < -0.3 is 14.8 Å². The van der Waals surface area contributed by atoms with Crippen molar-refractivity contribution in [2.45, 2.75) is 39.8 Å². The number of para-hydroxylation sites is 2. The SMILES string of the molecule is Cc1ccccc1OCC(=O)N[C@H](CC(C)C)C(=O)N/N=C\c1ccccc1OCc1ccc(Cl)cc1. The second-order valence-corrected chi connectivity index (χ2v) is 9.43. The van der Waals surface area contributed by atoms with Gasteiger partial charge in [0.15, 0.2) is 6.61 Å². The molecule has 0 saturated carbocycles. The summed E-state index contributed by atoms with van der Waals surface area (Å²) in [5.74, 6) is 0.641. The van der Waals surface area contributed by atoms with Crippen LogP contribution in [0.5, 0.6) is 11.5 Å². The van der Waals surface area contributed by atoms with Crippen LogP contribution in [-0.2, 0) is 16.2 Å². The number of ether oxygens (including phenoxy) is 2. The Balaban J connectivity index is 1.57. The van der Waals surface area contributed by atoms with Gasteiger partial charge in [0.2, 0.25) is 0 Å². The summed E-state index contributed by atoms with van der Waals surface area (Å²) in [6.07, 6.45) is 1.98. The van der Waals surface area contributed by atoms with Crippen LogP contribution in [0.25, 0.3) is 0 Å². The minimum absolute atomic E-state index is 0.180. The monoisotopic (exact) mass is 521 g/mol. The third kappa shape index (κ3) is 9.28. The highest BCUT2D eigenvalue weighted by molar-refractivity contribution is 6.30. The van der Waals surface area contributed by atoms with Gasteiger partial charge in [-0.1, -0.05) is 67.9 Å². The zero-order valence-electron chi connectivity index (χ0n) is 21.2. The first-order valence-corrected chi connectivity index (χ1v) is 12.5. The molecule has 3 aromatic rings. The maximum Gasteiger partial charge on any atom is 0.262 e. The van der Waals surface area contributed by atoms with Gasteiger partial charge in [0.05, 0.1) is 6.21 Å². The number of amides is 2. The molecule has 3 aromatic carbocycles. The molecule has 37 heavy (non-hydrogen) atoms. The van der Waals surface area contributed by atoms with Crippen molar-refractivity contribution in [1.29, 1.82) is 0 Å². The molecule has 0 saturated heterocycles. The van der Waals surface area contributed by atoms with Crippen molar-refractivity contribution >= 4 is 29.6 Å². The summed E-state index contributed by atoms with van der Waals surface area (Å²) < 4.78 is 11.5. The minimum Gasteiger partial charge on any atom is -0.488 e. The summed E-state index contributed by atoms with van der Waals surface area (Å²) in [5.41, 5.74) is 5.14. The molecule has 0 spiro atoms. The summed E-state index contributed by atoms with van der Waals surface area (Å²) in [6, 6.07) is 21.5. The van der Waals surface area contributed by atoms with Crippen LogP contribution in [0.15, 0.2) is 77.9 Å². The van der Waals surface area contributed by atoms with Gasteiger partial charge in [-0.15, -0.1) is 0 Å². The van der Waals surface area contributed by atoms with Crippen LogP contribution in [0.3, 0.4) is 0 Å². The average molecular weight is 522 g/mol. The zero-order chi connectivity index (χ0) is 26.6. The number of aryl methyl sites for hydroxylation is 1. The topological polar surface area (TPSA) is 89.0 Å². The molecular formula is C29H32ClN3O4. The molecule has 0 unspecified atom stereocenters. The Bertz CT molecular complexity index is 1210. The predicted molar refractivity (Wildman–Crippen MR) is 146 cm³/mol. The van der Waals surface area contributed by atoms with Crippen LogP contribution in [0.4, 0.5) is 0 Å². The molecule has 8 heteroatoms. The predicted octanol–water partition coefficient (Wildman–Crippen LogP) is 5.29. The number of carbonyl (C=O) groups excluding carboxylic acids is 2. The Morgan fingerprint density at radius 2 is 1.62 bits per heavy atom. The Hall–Kier alpha value is -3.84. The fourth-order valence-electron chi connectivity index (χ4n) is 3.50. The Morgan fingerprint density at radius 1 is 0.946 bits per heavy atom. The second-order valence-electron chi connectivity index (χ2n) is 8.99. The summed E-state index contributed by atoms with van der Waals surface area (Å²) in [6.45, 7) is 6.04. The maximum absolute atomic E-state index is 12.8. The van der Waals surface area contributed by atoms with E-state index in [1.54, 1.807) is 6.07 Å². The average Bonchev–Trinajstić information content (AvgIpc) is 2.88. The van der Waals surface area contributed by atoms with Crippen LogP contribution < -0.4 is 20.2 Å². The van der Waals surface area contributed by atoms with Crippen molar-refractivity contribution in [3.63, 3.8) is 0 Å². The van der Waals surface area contributed by atoms with Crippen molar-refractivity contribution in [2.75, 3.05) is 6.61 Å². The van der Waals surface area contributed by atoms with Gasteiger partial charge in [0.1, 0.15) is 24.1 Å². The van der Waals surface area contributed by atoms with Crippen molar-refractivity contribution in [3.05, 3.63) is 94.5 Å². The first-order chi connectivity index (χ1) is 17.8. The number of halogens is 1. The molecule has 0 fully saturated rings. The first kappa shape index (κ1) is 27.7. The molecule has 0 aliphatic carbocycles. The van der Waals surface area contributed by atoms with E-state index in [1.807, 2.05) is 87.5 Å². The van der Waals surface area contributed by atoms with Gasteiger partial charge >= 0.3 is 0 Å². The molecule has 0 bridgehead atoms. The van der Waals surface area contributed by atoms with Gasteiger partial charge in [-0.05, 0) is 60.7 Å². The highest BCUT2D eigenvalue weighted by Crippen LogP contribution is 2.19. The maximum atomic E-state index is 12.8. The van der Waals surface area contributed by atoms with Crippen LogP contribution in [0.2, 0.25) is 5.02 Å². The smallest absolute Gasteiger partial charge is 0.262 e. The third-order valence-corrected chi connectivity index (χ3v) is 5.67. The molecule has 3 rings (SSSR count). The molecule has 2 N–H and O–H groups in total. The van der Waals surface area contributed by atoms with E-state index in [0.29, 0.717) is 35.1 Å². The molecule has 0 aliphatic rings. The fourth-order valence-corrected chi connectivity index (χ4v) is 3.63.